The van der Waals surface area contributed by atoms with Crippen LogP contribution in [0.5, 0.6) is 0 Å². The van der Waals surface area contributed by atoms with E-state index in [4.69, 9.17) is 0 Å². The van der Waals surface area contributed by atoms with Crippen LogP contribution in [0.3, 0.4) is 0 Å². The summed E-state index contributed by atoms with van der Waals surface area (Å²) in [5, 5.41) is 1.09. The van der Waals surface area contributed by atoms with Crippen LogP contribution in [0, 0.1) is 6.42 Å². The van der Waals surface area contributed by atoms with Gasteiger partial charge in [-0.1, -0.05) is 22.0 Å². The molecule has 0 amide bonds. The van der Waals surface area contributed by atoms with E-state index in [2.05, 4.69) is 28.9 Å². The maximum atomic E-state index is 3.63. The minimum absolute atomic E-state index is 1.09. The van der Waals surface area contributed by atoms with Crippen LogP contribution >= 0.6 is 15.9 Å². The number of hydrogen-bond donors (Lipinski definition) is 0. The molecule has 0 saturated heterocycles. The van der Waals surface area contributed by atoms with E-state index in [1.54, 1.807) is 0 Å². The third kappa shape index (κ3) is 6.09. The van der Waals surface area contributed by atoms with Gasteiger partial charge in [-0.3, -0.25) is 0 Å². The molecule has 0 nitrogen and oxygen atoms in total. The molecule has 0 aliphatic carbocycles. The molecule has 0 atom stereocenters. The average Bonchev–Trinajstić information content (AvgIpc) is 1.81. The minimum atomic E-state index is 1.09. The highest BCUT2D eigenvalue weighted by Gasteiger charge is 1.92. The standard InChI is InChI=1S/C7H12Br/c1-2-3-4-5-6-7-8/h2,5H,1,3-4,6-7H2/q+1. The molecule has 0 aliphatic heterocycles. The maximum absolute atomic E-state index is 3.63. The van der Waals surface area contributed by atoms with Gasteiger partial charge in [-0.25, -0.2) is 0 Å². The summed E-state index contributed by atoms with van der Waals surface area (Å²) in [7, 11) is 0. The zero-order chi connectivity index (χ0) is 6.24. The molecule has 0 saturated carbocycles. The van der Waals surface area contributed by atoms with Crippen molar-refractivity contribution >= 4 is 15.9 Å². The van der Waals surface area contributed by atoms with Crippen molar-refractivity contribution in [3.8, 4) is 0 Å². The van der Waals surface area contributed by atoms with Crippen LogP contribution in [0.15, 0.2) is 12.7 Å². The Balaban J connectivity index is 2.62. The smallest absolute Gasteiger partial charge is 0.0972 e. The van der Waals surface area contributed by atoms with Crippen molar-refractivity contribution in [1.82, 2.24) is 0 Å². The molecule has 0 aromatic heterocycles. The summed E-state index contributed by atoms with van der Waals surface area (Å²) in [5.74, 6) is 0. The summed E-state index contributed by atoms with van der Waals surface area (Å²) in [6.07, 6.45) is 7.69. The largest absolute Gasteiger partial charge is 0.103 e. The Bertz CT molecular complexity index is 50.3. The Morgan fingerprint density at radius 2 is 2.25 bits per heavy atom. The number of rotatable bonds is 5. The average molecular weight is 176 g/mol. The lowest BCUT2D eigenvalue weighted by Gasteiger charge is -1.81. The van der Waals surface area contributed by atoms with Gasteiger partial charge in [0.2, 0.25) is 0 Å². The fraction of sp³-hybridized carbons (Fsp3) is 0.571. The second kappa shape index (κ2) is 7.09. The summed E-state index contributed by atoms with van der Waals surface area (Å²) >= 11 is 3.34. The molecule has 0 aromatic rings. The number of halogens is 1. The maximum Gasteiger partial charge on any atom is 0.0972 e. The van der Waals surface area contributed by atoms with Crippen LogP contribution in [0.2, 0.25) is 0 Å². The molecule has 8 heavy (non-hydrogen) atoms. The molecule has 0 aromatic carbocycles. The first-order chi connectivity index (χ1) is 3.91. The molecule has 46 valence electrons. The van der Waals surface area contributed by atoms with E-state index in [0.29, 0.717) is 0 Å². The highest BCUT2D eigenvalue weighted by Crippen LogP contribution is 1.99. The Labute approximate surface area is 60.1 Å². The first-order valence-corrected chi connectivity index (χ1v) is 4.02. The van der Waals surface area contributed by atoms with E-state index < -0.39 is 0 Å². The lowest BCUT2D eigenvalue weighted by molar-refractivity contribution is 0.911. The summed E-state index contributed by atoms with van der Waals surface area (Å²) in [5.41, 5.74) is 0. The number of hydrogen-bond acceptors (Lipinski definition) is 0. The fourth-order valence-corrected chi connectivity index (χ4v) is 0.781. The molecule has 0 N–H and O–H groups in total. The van der Waals surface area contributed by atoms with E-state index in [1.165, 1.54) is 12.8 Å². The number of alkyl halides is 1. The highest BCUT2D eigenvalue weighted by molar-refractivity contribution is 9.09. The van der Waals surface area contributed by atoms with Crippen molar-refractivity contribution in [1.29, 1.82) is 0 Å². The predicted octanol–water partition coefficient (Wildman–Crippen LogP) is 2.94. The van der Waals surface area contributed by atoms with E-state index in [9.17, 15) is 0 Å². The molecule has 0 spiro atoms. The van der Waals surface area contributed by atoms with Crippen LogP contribution in [-0.2, 0) is 0 Å². The Hall–Kier alpha value is 0.0900. The number of allylic oxidation sites excluding steroid dienone is 1. The second-order valence-electron chi connectivity index (χ2n) is 1.63. The molecule has 0 aliphatic rings. The summed E-state index contributed by atoms with van der Waals surface area (Å²) < 4.78 is 0. The molecule has 0 fully saturated rings. The van der Waals surface area contributed by atoms with Gasteiger partial charge in [-0.15, -0.1) is 6.58 Å². The number of unbranched alkanes of at least 4 members (excludes halogenated alkanes) is 3. The normalized spacial score (nSPS) is 8.62. The van der Waals surface area contributed by atoms with Gasteiger partial charge in [-0.2, -0.15) is 0 Å². The van der Waals surface area contributed by atoms with Crippen molar-refractivity contribution in [3.63, 3.8) is 0 Å². The second-order valence-corrected chi connectivity index (χ2v) is 2.43. The molecular weight excluding hydrogens is 164 g/mol. The lowest BCUT2D eigenvalue weighted by Crippen LogP contribution is -1.76. The quantitative estimate of drug-likeness (QED) is 0.261. The van der Waals surface area contributed by atoms with Crippen molar-refractivity contribution in [2.75, 3.05) is 5.33 Å². The monoisotopic (exact) mass is 175 g/mol. The third-order valence-corrected chi connectivity index (χ3v) is 1.35. The summed E-state index contributed by atoms with van der Waals surface area (Å²) in [6.45, 7) is 3.63. The molecule has 0 radical (unpaired) electrons. The molecular formula is C7H12Br+. The van der Waals surface area contributed by atoms with Gasteiger partial charge in [0.05, 0.1) is 19.3 Å². The summed E-state index contributed by atoms with van der Waals surface area (Å²) in [4.78, 5) is 0. The molecule has 0 heterocycles. The van der Waals surface area contributed by atoms with E-state index in [0.717, 1.165) is 11.8 Å². The van der Waals surface area contributed by atoms with Gasteiger partial charge < -0.3 is 0 Å². The van der Waals surface area contributed by atoms with Crippen LogP contribution in [-0.4, -0.2) is 5.33 Å². The molecule has 1 heteroatoms. The Kier molecular flexibility index (Phi) is 7.17. The van der Waals surface area contributed by atoms with Crippen LogP contribution in [0.25, 0.3) is 0 Å². The van der Waals surface area contributed by atoms with Crippen molar-refractivity contribution in [2.45, 2.75) is 19.3 Å². The van der Waals surface area contributed by atoms with Gasteiger partial charge in [-0.05, 0) is 0 Å². The zero-order valence-corrected chi connectivity index (χ0v) is 6.65. The first kappa shape index (κ1) is 8.09. The minimum Gasteiger partial charge on any atom is -0.103 e. The van der Waals surface area contributed by atoms with E-state index >= 15 is 0 Å². The van der Waals surface area contributed by atoms with Crippen molar-refractivity contribution in [2.24, 2.45) is 0 Å². The molecule has 0 rings (SSSR count). The van der Waals surface area contributed by atoms with Gasteiger partial charge in [0.1, 0.15) is 0 Å². The van der Waals surface area contributed by atoms with E-state index in [1.807, 2.05) is 6.08 Å². The van der Waals surface area contributed by atoms with Crippen molar-refractivity contribution in [3.05, 3.63) is 19.1 Å². The first-order valence-electron chi connectivity index (χ1n) is 2.90. The lowest BCUT2D eigenvalue weighted by atomic mass is 10.2. The zero-order valence-electron chi connectivity index (χ0n) is 5.07. The molecule has 0 unspecified atom stereocenters. The van der Waals surface area contributed by atoms with Crippen molar-refractivity contribution < 1.29 is 0 Å². The van der Waals surface area contributed by atoms with Crippen LogP contribution in [0.4, 0.5) is 0 Å². The van der Waals surface area contributed by atoms with Crippen LogP contribution < -0.4 is 0 Å². The Morgan fingerprint density at radius 3 is 2.75 bits per heavy atom. The van der Waals surface area contributed by atoms with Crippen LogP contribution in [0.1, 0.15) is 19.3 Å². The molecule has 0 bridgehead atoms. The highest BCUT2D eigenvalue weighted by atomic mass is 79.9. The topological polar surface area (TPSA) is 0 Å². The fourth-order valence-electron chi connectivity index (χ4n) is 0.457. The summed E-state index contributed by atoms with van der Waals surface area (Å²) in [6, 6.07) is 0. The third-order valence-electron chi connectivity index (χ3n) is 0.888. The van der Waals surface area contributed by atoms with Gasteiger partial charge in [0.25, 0.3) is 0 Å². The van der Waals surface area contributed by atoms with Gasteiger partial charge >= 0.3 is 0 Å². The SMILES string of the molecule is C=CCC[CH+]CCBr. The van der Waals surface area contributed by atoms with E-state index in [-0.39, 0.29) is 0 Å². The predicted molar refractivity (Wildman–Crippen MR) is 42.1 cm³/mol. The van der Waals surface area contributed by atoms with Gasteiger partial charge in [0.15, 0.2) is 0 Å². The Morgan fingerprint density at radius 1 is 1.50 bits per heavy atom. The van der Waals surface area contributed by atoms with Gasteiger partial charge in [0, 0.05) is 11.8 Å².